The number of rotatable bonds is 4. The fourth-order valence-electron chi connectivity index (χ4n) is 1.80. The first-order valence-corrected chi connectivity index (χ1v) is 8.47. The Morgan fingerprint density at radius 1 is 1.15 bits per heavy atom. The zero-order valence-corrected chi connectivity index (χ0v) is 13.9. The number of nitrogens with zero attached hydrogens (tertiary/aromatic N) is 1. The molecular formula is C14H13BrClNO2S. The first kappa shape index (κ1) is 15.5. The fraction of sp³-hybridized carbons (Fsp3) is 0.143. The highest BCUT2D eigenvalue weighted by molar-refractivity contribution is 9.10. The van der Waals surface area contributed by atoms with Gasteiger partial charge in [-0.25, -0.2) is 8.42 Å². The lowest BCUT2D eigenvalue weighted by molar-refractivity contribution is 0.466. The SMILES string of the molecule is CN(Cc1cccc(Br)c1)S(=O)(=O)c1ccccc1Cl. The van der Waals surface area contributed by atoms with E-state index in [2.05, 4.69) is 15.9 Å². The van der Waals surface area contributed by atoms with Gasteiger partial charge < -0.3 is 0 Å². The van der Waals surface area contributed by atoms with Gasteiger partial charge >= 0.3 is 0 Å². The Morgan fingerprint density at radius 3 is 2.50 bits per heavy atom. The maximum absolute atomic E-state index is 12.5. The van der Waals surface area contributed by atoms with Crippen LogP contribution in [0.25, 0.3) is 0 Å². The van der Waals surface area contributed by atoms with Gasteiger partial charge in [-0.1, -0.05) is 51.8 Å². The molecule has 0 aliphatic carbocycles. The summed E-state index contributed by atoms with van der Waals surface area (Å²) in [6.07, 6.45) is 0. The average Bonchev–Trinajstić information content (AvgIpc) is 2.39. The molecule has 0 aliphatic heterocycles. The number of sulfonamides is 1. The minimum absolute atomic E-state index is 0.124. The minimum Gasteiger partial charge on any atom is -0.207 e. The lowest BCUT2D eigenvalue weighted by Gasteiger charge is -2.18. The third-order valence-electron chi connectivity index (χ3n) is 2.82. The molecule has 0 saturated heterocycles. The molecule has 0 amide bonds. The Hall–Kier alpha value is -0.880. The smallest absolute Gasteiger partial charge is 0.207 e. The molecule has 0 atom stereocenters. The van der Waals surface area contributed by atoms with Gasteiger partial charge in [-0.15, -0.1) is 0 Å². The fourth-order valence-corrected chi connectivity index (χ4v) is 3.89. The summed E-state index contributed by atoms with van der Waals surface area (Å²) in [6.45, 7) is 0.285. The van der Waals surface area contributed by atoms with Crippen molar-refractivity contribution in [3.05, 3.63) is 63.6 Å². The highest BCUT2D eigenvalue weighted by Crippen LogP contribution is 2.24. The second-order valence-electron chi connectivity index (χ2n) is 4.32. The molecule has 0 radical (unpaired) electrons. The predicted molar refractivity (Wildman–Crippen MR) is 84.2 cm³/mol. The molecule has 106 valence electrons. The molecule has 0 bridgehead atoms. The first-order chi connectivity index (χ1) is 9.41. The van der Waals surface area contributed by atoms with Gasteiger partial charge in [0, 0.05) is 18.1 Å². The molecule has 0 spiro atoms. The maximum atomic E-state index is 12.5. The molecule has 3 nitrogen and oxygen atoms in total. The van der Waals surface area contributed by atoms with Gasteiger partial charge in [0.05, 0.1) is 5.02 Å². The highest BCUT2D eigenvalue weighted by atomic mass is 79.9. The summed E-state index contributed by atoms with van der Waals surface area (Å²) in [4.78, 5) is 0.124. The maximum Gasteiger partial charge on any atom is 0.244 e. The zero-order chi connectivity index (χ0) is 14.8. The molecule has 2 aromatic rings. The predicted octanol–water partition coefficient (Wildman–Crippen LogP) is 3.92. The van der Waals surface area contributed by atoms with E-state index in [1.807, 2.05) is 24.3 Å². The van der Waals surface area contributed by atoms with Crippen LogP contribution >= 0.6 is 27.5 Å². The van der Waals surface area contributed by atoms with Crippen LogP contribution in [0.3, 0.4) is 0 Å². The van der Waals surface area contributed by atoms with Crippen LogP contribution < -0.4 is 0 Å². The molecule has 0 unspecified atom stereocenters. The number of halogens is 2. The molecule has 0 N–H and O–H groups in total. The van der Waals surface area contributed by atoms with Gasteiger partial charge in [0.2, 0.25) is 10.0 Å². The molecular weight excluding hydrogens is 362 g/mol. The van der Waals surface area contributed by atoms with Crippen LogP contribution in [-0.4, -0.2) is 19.8 Å². The van der Waals surface area contributed by atoms with Crippen molar-refractivity contribution in [1.29, 1.82) is 0 Å². The largest absolute Gasteiger partial charge is 0.244 e. The molecule has 0 saturated carbocycles. The van der Waals surface area contributed by atoms with Crippen molar-refractivity contribution in [2.45, 2.75) is 11.4 Å². The summed E-state index contributed by atoms with van der Waals surface area (Å²) < 4.78 is 27.1. The minimum atomic E-state index is -3.59. The van der Waals surface area contributed by atoms with Crippen LogP contribution in [0.1, 0.15) is 5.56 Å². The van der Waals surface area contributed by atoms with Crippen LogP contribution in [0.15, 0.2) is 57.9 Å². The second-order valence-corrected chi connectivity index (χ2v) is 7.66. The lowest BCUT2D eigenvalue weighted by atomic mass is 10.2. The molecule has 6 heteroatoms. The van der Waals surface area contributed by atoms with Crippen LogP contribution in [-0.2, 0) is 16.6 Å². The van der Waals surface area contributed by atoms with Crippen molar-refractivity contribution in [1.82, 2.24) is 4.31 Å². The van der Waals surface area contributed by atoms with Crippen LogP contribution in [0.2, 0.25) is 5.02 Å². The molecule has 0 fully saturated rings. The van der Waals surface area contributed by atoms with Gasteiger partial charge in [-0.3, -0.25) is 0 Å². The van der Waals surface area contributed by atoms with Gasteiger partial charge in [0.15, 0.2) is 0 Å². The van der Waals surface area contributed by atoms with Crippen molar-refractivity contribution < 1.29 is 8.42 Å². The van der Waals surface area contributed by atoms with Gasteiger partial charge in [0.1, 0.15) is 4.90 Å². The van der Waals surface area contributed by atoms with Crippen molar-refractivity contribution in [2.75, 3.05) is 7.05 Å². The molecule has 0 heterocycles. The first-order valence-electron chi connectivity index (χ1n) is 5.86. The number of hydrogen-bond donors (Lipinski definition) is 0. The van der Waals surface area contributed by atoms with Gasteiger partial charge in [-0.05, 0) is 29.8 Å². The van der Waals surface area contributed by atoms with Gasteiger partial charge in [-0.2, -0.15) is 4.31 Å². The third kappa shape index (κ3) is 3.41. The van der Waals surface area contributed by atoms with Crippen molar-refractivity contribution in [3.63, 3.8) is 0 Å². The summed E-state index contributed by atoms with van der Waals surface area (Å²) >= 11 is 9.34. The standard InChI is InChI=1S/C14H13BrClNO2S/c1-17(10-11-5-4-6-12(15)9-11)20(18,19)14-8-3-2-7-13(14)16/h2-9H,10H2,1H3. The Balaban J connectivity index is 2.29. The van der Waals surface area contributed by atoms with Crippen molar-refractivity contribution in [3.8, 4) is 0 Å². The van der Waals surface area contributed by atoms with Crippen LogP contribution in [0.4, 0.5) is 0 Å². The van der Waals surface area contributed by atoms with Crippen molar-refractivity contribution >= 4 is 37.6 Å². The van der Waals surface area contributed by atoms with E-state index in [-0.39, 0.29) is 16.5 Å². The highest BCUT2D eigenvalue weighted by Gasteiger charge is 2.23. The molecule has 20 heavy (non-hydrogen) atoms. The molecule has 2 aromatic carbocycles. The van der Waals surface area contributed by atoms with E-state index in [0.717, 1.165) is 10.0 Å². The lowest BCUT2D eigenvalue weighted by Crippen LogP contribution is -2.26. The van der Waals surface area contributed by atoms with E-state index in [1.54, 1.807) is 25.2 Å². The van der Waals surface area contributed by atoms with E-state index in [0.29, 0.717) is 0 Å². The number of hydrogen-bond acceptors (Lipinski definition) is 2. The van der Waals surface area contributed by atoms with E-state index in [1.165, 1.54) is 10.4 Å². The molecule has 0 aliphatic rings. The Kier molecular flexibility index (Phi) is 4.86. The second kappa shape index (κ2) is 6.26. The Bertz CT molecular complexity index is 719. The van der Waals surface area contributed by atoms with Gasteiger partial charge in [0.25, 0.3) is 0 Å². The van der Waals surface area contributed by atoms with E-state index < -0.39 is 10.0 Å². The Morgan fingerprint density at radius 2 is 1.85 bits per heavy atom. The topological polar surface area (TPSA) is 37.4 Å². The summed E-state index contributed by atoms with van der Waals surface area (Å²) in [7, 11) is -2.05. The normalized spacial score (nSPS) is 11.8. The summed E-state index contributed by atoms with van der Waals surface area (Å²) in [5, 5.41) is 0.230. The van der Waals surface area contributed by atoms with E-state index in [4.69, 9.17) is 11.6 Å². The van der Waals surface area contributed by atoms with E-state index in [9.17, 15) is 8.42 Å². The van der Waals surface area contributed by atoms with Crippen molar-refractivity contribution in [2.24, 2.45) is 0 Å². The molecule has 0 aromatic heterocycles. The van der Waals surface area contributed by atoms with Crippen LogP contribution in [0, 0.1) is 0 Å². The monoisotopic (exact) mass is 373 g/mol. The van der Waals surface area contributed by atoms with Crippen LogP contribution in [0.5, 0.6) is 0 Å². The quantitative estimate of drug-likeness (QED) is 0.813. The van der Waals surface area contributed by atoms with E-state index >= 15 is 0 Å². The summed E-state index contributed by atoms with van der Waals surface area (Å²) in [6, 6.07) is 14.0. The third-order valence-corrected chi connectivity index (χ3v) is 5.62. The molecule has 2 rings (SSSR count). The number of benzene rings is 2. The Labute approximate surface area is 132 Å². The zero-order valence-electron chi connectivity index (χ0n) is 10.8. The average molecular weight is 375 g/mol. The summed E-state index contributed by atoms with van der Waals surface area (Å²) in [5.74, 6) is 0. The summed E-state index contributed by atoms with van der Waals surface area (Å²) in [5.41, 5.74) is 0.900.